The summed E-state index contributed by atoms with van der Waals surface area (Å²) < 4.78 is 20.2. The quantitative estimate of drug-likeness (QED) is 0.0932. The maximum Gasteiger partial charge on any atom is 0.343 e. The molecule has 4 rings (SSSR count). The van der Waals surface area contributed by atoms with Crippen LogP contribution in [0.1, 0.15) is 64.4 Å². The number of benzene rings is 4. The summed E-state index contributed by atoms with van der Waals surface area (Å²) in [4.78, 5) is 12.5. The third-order valence-electron chi connectivity index (χ3n) is 6.55. The summed E-state index contributed by atoms with van der Waals surface area (Å²) in [7, 11) is 0. The van der Waals surface area contributed by atoms with Crippen LogP contribution < -0.4 is 4.74 Å². The van der Waals surface area contributed by atoms with E-state index in [-0.39, 0.29) is 5.56 Å². The van der Waals surface area contributed by atoms with Gasteiger partial charge in [0.2, 0.25) is 0 Å². The van der Waals surface area contributed by atoms with Gasteiger partial charge in [0, 0.05) is 5.56 Å². The second-order valence-electron chi connectivity index (χ2n) is 9.47. The van der Waals surface area contributed by atoms with Crippen molar-refractivity contribution in [3.63, 3.8) is 0 Å². The van der Waals surface area contributed by atoms with Crippen molar-refractivity contribution in [3.8, 4) is 5.75 Å². The average molecular weight is 505 g/mol. The van der Waals surface area contributed by atoms with E-state index in [9.17, 15) is 9.18 Å². The molecule has 0 aromatic heterocycles. The van der Waals surface area contributed by atoms with E-state index in [4.69, 9.17) is 4.74 Å². The minimum Gasteiger partial charge on any atom is -0.423 e. The molecule has 1 atom stereocenters. The smallest absolute Gasteiger partial charge is 0.343 e. The van der Waals surface area contributed by atoms with Gasteiger partial charge in [-0.3, -0.25) is 0 Å². The Labute approximate surface area is 225 Å². The van der Waals surface area contributed by atoms with Gasteiger partial charge in [0.25, 0.3) is 0 Å². The van der Waals surface area contributed by atoms with Crippen LogP contribution in [0, 0.1) is 5.82 Å². The zero-order chi connectivity index (χ0) is 26.7. The fourth-order valence-electron chi connectivity index (χ4n) is 4.30. The van der Waals surface area contributed by atoms with Crippen molar-refractivity contribution < 1.29 is 13.9 Å². The Morgan fingerprint density at radius 1 is 0.868 bits per heavy atom. The number of aryl methyl sites for hydroxylation is 1. The summed E-state index contributed by atoms with van der Waals surface area (Å²) in [5.74, 6) is -0.176. The van der Waals surface area contributed by atoms with Crippen molar-refractivity contribution in [1.82, 2.24) is 0 Å². The molecule has 0 radical (unpaired) electrons. The van der Waals surface area contributed by atoms with Crippen LogP contribution in [-0.2, 0) is 12.8 Å². The molecule has 0 fully saturated rings. The Kier molecular flexibility index (Phi) is 9.42. The molecule has 2 nitrogen and oxygen atoms in total. The normalized spacial score (nSPS) is 12.2. The number of carbonyl (C=O) groups excluding carboxylic acids is 1. The average Bonchev–Trinajstić information content (AvgIpc) is 2.94. The zero-order valence-electron chi connectivity index (χ0n) is 21.9. The van der Waals surface area contributed by atoms with Crippen molar-refractivity contribution in [3.05, 3.63) is 148 Å². The molecular weight excluding hydrogens is 471 g/mol. The molecule has 38 heavy (non-hydrogen) atoms. The second kappa shape index (κ2) is 13.3. The molecule has 0 saturated carbocycles. The number of halogens is 1. The Bertz CT molecular complexity index is 1380. The van der Waals surface area contributed by atoms with Crippen LogP contribution in [0.25, 0.3) is 12.2 Å². The van der Waals surface area contributed by atoms with Crippen LogP contribution in [0.3, 0.4) is 0 Å². The molecule has 0 aliphatic rings. The molecule has 0 N–H and O–H groups in total. The van der Waals surface area contributed by atoms with Crippen LogP contribution >= 0.6 is 0 Å². The van der Waals surface area contributed by atoms with Gasteiger partial charge in [0.05, 0.1) is 5.56 Å². The second-order valence-corrected chi connectivity index (χ2v) is 9.47. The summed E-state index contributed by atoms with van der Waals surface area (Å²) >= 11 is 0. The maximum atomic E-state index is 14.8. The summed E-state index contributed by atoms with van der Waals surface area (Å²) in [6.45, 7) is 4.23. The van der Waals surface area contributed by atoms with Crippen LogP contribution in [0.4, 0.5) is 4.39 Å². The van der Waals surface area contributed by atoms with E-state index < -0.39 is 11.8 Å². The molecule has 0 aliphatic carbocycles. The number of carbonyl (C=O) groups is 1. The summed E-state index contributed by atoms with van der Waals surface area (Å²) in [6.07, 6.45) is 10.6. The third-order valence-corrected chi connectivity index (χ3v) is 6.55. The van der Waals surface area contributed by atoms with Gasteiger partial charge in [0.1, 0.15) is 11.6 Å². The van der Waals surface area contributed by atoms with E-state index >= 15 is 0 Å². The highest BCUT2D eigenvalue weighted by Gasteiger charge is 2.12. The molecular formula is C35H33FO2. The van der Waals surface area contributed by atoms with Crippen molar-refractivity contribution in [2.24, 2.45) is 0 Å². The Morgan fingerprint density at radius 2 is 1.58 bits per heavy atom. The highest BCUT2D eigenvalue weighted by molar-refractivity contribution is 5.91. The third kappa shape index (κ3) is 7.63. The van der Waals surface area contributed by atoms with E-state index in [1.807, 2.05) is 49.4 Å². The molecule has 0 unspecified atom stereocenters. The topological polar surface area (TPSA) is 26.3 Å². The van der Waals surface area contributed by atoms with E-state index in [1.54, 1.807) is 30.3 Å². The molecule has 0 bridgehead atoms. The minimum absolute atomic E-state index is 0.175. The number of rotatable bonds is 10. The number of esters is 1. The van der Waals surface area contributed by atoms with Crippen LogP contribution in [0.15, 0.2) is 109 Å². The van der Waals surface area contributed by atoms with E-state index in [1.165, 1.54) is 22.8 Å². The van der Waals surface area contributed by atoms with Crippen molar-refractivity contribution in [2.75, 3.05) is 0 Å². The molecule has 192 valence electrons. The highest BCUT2D eigenvalue weighted by atomic mass is 19.1. The zero-order valence-corrected chi connectivity index (χ0v) is 21.9. The number of allylic oxidation sites excluding steroid dienone is 2. The minimum atomic E-state index is -0.582. The molecule has 0 amide bonds. The van der Waals surface area contributed by atoms with Gasteiger partial charge in [-0.2, -0.15) is 0 Å². The first-order valence-corrected chi connectivity index (χ1v) is 13.1. The molecule has 0 heterocycles. The van der Waals surface area contributed by atoms with E-state index in [2.05, 4.69) is 49.4 Å². The molecule has 0 saturated heterocycles. The lowest BCUT2D eigenvalue weighted by atomic mass is 9.93. The summed E-state index contributed by atoms with van der Waals surface area (Å²) in [6, 6.07) is 30.6. The molecule has 0 aliphatic heterocycles. The summed E-state index contributed by atoms with van der Waals surface area (Å²) in [5.41, 5.74) is 5.32. The lowest BCUT2D eigenvalue weighted by Crippen LogP contribution is -2.09. The SMILES string of the molecule is C/C=C/CCc1ccc(OC(=O)c2ccc(C=Cc3ccc(C[C@H](C)c4ccccc4)cc3)c(F)c2)cc1. The fourth-order valence-corrected chi connectivity index (χ4v) is 4.30. The predicted octanol–water partition coefficient (Wildman–Crippen LogP) is 9.07. The lowest BCUT2D eigenvalue weighted by Gasteiger charge is -2.12. The monoisotopic (exact) mass is 504 g/mol. The first-order chi connectivity index (χ1) is 18.5. The first kappa shape index (κ1) is 26.8. The number of hydrogen-bond acceptors (Lipinski definition) is 2. The van der Waals surface area contributed by atoms with E-state index in [0.29, 0.717) is 17.2 Å². The predicted molar refractivity (Wildman–Crippen MR) is 155 cm³/mol. The highest BCUT2D eigenvalue weighted by Crippen LogP contribution is 2.22. The molecule has 4 aromatic rings. The van der Waals surface area contributed by atoms with Crippen LogP contribution in [-0.4, -0.2) is 5.97 Å². The van der Waals surface area contributed by atoms with E-state index in [0.717, 1.165) is 24.8 Å². The van der Waals surface area contributed by atoms with Crippen molar-refractivity contribution in [1.29, 1.82) is 0 Å². The molecule has 0 spiro atoms. The summed E-state index contributed by atoms with van der Waals surface area (Å²) in [5, 5.41) is 0. The van der Waals surface area contributed by atoms with Gasteiger partial charge in [-0.1, -0.05) is 104 Å². The van der Waals surface area contributed by atoms with Gasteiger partial charge in [-0.15, -0.1) is 0 Å². The number of ether oxygens (including phenoxy) is 1. The molecule has 4 aromatic carbocycles. The van der Waals surface area contributed by atoms with Crippen LogP contribution in [0.2, 0.25) is 0 Å². The largest absolute Gasteiger partial charge is 0.423 e. The van der Waals surface area contributed by atoms with Gasteiger partial charge < -0.3 is 4.74 Å². The fraction of sp³-hybridized carbons (Fsp3) is 0.171. The Balaban J connectivity index is 1.33. The van der Waals surface area contributed by atoms with Crippen LogP contribution in [0.5, 0.6) is 5.75 Å². The van der Waals surface area contributed by atoms with Crippen molar-refractivity contribution in [2.45, 2.75) is 39.0 Å². The lowest BCUT2D eigenvalue weighted by molar-refractivity contribution is 0.0734. The Hall–Kier alpha value is -4.24. The van der Waals surface area contributed by atoms with Gasteiger partial charge in [-0.05, 0) is 78.6 Å². The van der Waals surface area contributed by atoms with Gasteiger partial charge in [-0.25, -0.2) is 9.18 Å². The maximum absolute atomic E-state index is 14.8. The standard InChI is InChI=1S/C35H33FO2/c1-3-4-6-9-27-17-22-33(23-18-27)38-35(37)32-21-20-31(34(36)25-32)19-16-28-12-14-29(15-13-28)24-26(2)30-10-7-5-8-11-30/h3-5,7-8,10-23,25-26H,6,9,24H2,1-2H3/b4-3+,19-16?/t26-/m0/s1. The molecule has 3 heteroatoms. The first-order valence-electron chi connectivity index (χ1n) is 13.1. The Morgan fingerprint density at radius 3 is 2.26 bits per heavy atom. The number of hydrogen-bond donors (Lipinski definition) is 0. The van der Waals surface area contributed by atoms with Gasteiger partial charge >= 0.3 is 5.97 Å². The van der Waals surface area contributed by atoms with Crippen molar-refractivity contribution >= 4 is 18.1 Å². The van der Waals surface area contributed by atoms with Gasteiger partial charge in [0.15, 0.2) is 0 Å².